The summed E-state index contributed by atoms with van der Waals surface area (Å²) in [6.07, 6.45) is 3.18. The van der Waals surface area contributed by atoms with Gasteiger partial charge in [0.1, 0.15) is 5.82 Å². The van der Waals surface area contributed by atoms with E-state index >= 15 is 0 Å². The Kier molecular flexibility index (Phi) is 2.63. The summed E-state index contributed by atoms with van der Waals surface area (Å²) in [5.74, 6) is 0.651. The Hall–Kier alpha value is -1.01. The number of hydrogen-bond acceptors (Lipinski definition) is 5. The van der Waals surface area contributed by atoms with Crippen molar-refractivity contribution in [2.24, 2.45) is 0 Å². The van der Waals surface area contributed by atoms with Gasteiger partial charge in [0, 0.05) is 12.1 Å². The maximum absolute atomic E-state index is 12.3. The molecule has 0 aromatic carbocycles. The van der Waals surface area contributed by atoms with Gasteiger partial charge in [-0.15, -0.1) is 0 Å². The van der Waals surface area contributed by atoms with Crippen LogP contribution < -0.4 is 0 Å². The zero-order chi connectivity index (χ0) is 12.0. The summed E-state index contributed by atoms with van der Waals surface area (Å²) in [7, 11) is 0. The number of aromatic nitrogens is 2. The Labute approximate surface area is 104 Å². The van der Waals surface area contributed by atoms with E-state index in [2.05, 4.69) is 9.36 Å². The van der Waals surface area contributed by atoms with Crippen LogP contribution in [0.4, 0.5) is 0 Å². The fourth-order valence-corrected chi connectivity index (χ4v) is 3.59. The van der Waals surface area contributed by atoms with E-state index in [1.54, 1.807) is 6.92 Å². The molecule has 2 fully saturated rings. The van der Waals surface area contributed by atoms with E-state index in [-0.39, 0.29) is 24.1 Å². The minimum absolute atomic E-state index is 0.00463. The average Bonchev–Trinajstić information content (AvgIpc) is 2.81. The van der Waals surface area contributed by atoms with Crippen LogP contribution in [0.3, 0.4) is 0 Å². The standard InChI is InChI=1S/C11H15N3O2S/c1-6-12-10(17-13-6)11(16)14-7-2-3-8(14)5-9(15)4-7/h7-9,15H,2-5H2,1H3/t7-,8-/m0/s1. The summed E-state index contributed by atoms with van der Waals surface area (Å²) in [6, 6.07) is 0.390. The topological polar surface area (TPSA) is 66.3 Å². The number of carbonyl (C=O) groups is 1. The Balaban J connectivity index is 1.83. The molecule has 2 saturated heterocycles. The minimum Gasteiger partial charge on any atom is -0.393 e. The first-order valence-electron chi connectivity index (χ1n) is 5.96. The Morgan fingerprint density at radius 1 is 1.41 bits per heavy atom. The van der Waals surface area contributed by atoms with Gasteiger partial charge in [0.15, 0.2) is 0 Å². The Morgan fingerprint density at radius 2 is 2.06 bits per heavy atom. The first kappa shape index (κ1) is 11.1. The van der Waals surface area contributed by atoms with E-state index < -0.39 is 0 Å². The van der Waals surface area contributed by atoms with Gasteiger partial charge in [-0.3, -0.25) is 4.79 Å². The van der Waals surface area contributed by atoms with E-state index in [0.717, 1.165) is 12.8 Å². The van der Waals surface area contributed by atoms with Crippen molar-refractivity contribution in [1.82, 2.24) is 14.3 Å². The average molecular weight is 253 g/mol. The zero-order valence-corrected chi connectivity index (χ0v) is 10.5. The molecule has 0 radical (unpaired) electrons. The number of nitrogens with zero attached hydrogens (tertiary/aromatic N) is 3. The van der Waals surface area contributed by atoms with Crippen LogP contribution in [0.5, 0.6) is 0 Å². The normalized spacial score (nSPS) is 31.9. The summed E-state index contributed by atoms with van der Waals surface area (Å²) in [4.78, 5) is 18.4. The van der Waals surface area contributed by atoms with Crippen molar-refractivity contribution in [2.75, 3.05) is 0 Å². The molecule has 2 aliphatic rings. The molecule has 6 heteroatoms. The molecular weight excluding hydrogens is 238 g/mol. The third-order valence-electron chi connectivity index (χ3n) is 3.65. The van der Waals surface area contributed by atoms with Gasteiger partial charge in [0.25, 0.3) is 5.91 Å². The number of hydrogen-bond donors (Lipinski definition) is 1. The lowest BCUT2D eigenvalue weighted by atomic mass is 10.00. The number of amides is 1. The van der Waals surface area contributed by atoms with E-state index in [1.165, 1.54) is 11.5 Å². The van der Waals surface area contributed by atoms with Crippen LogP contribution in [0.1, 0.15) is 41.3 Å². The van der Waals surface area contributed by atoms with Crippen molar-refractivity contribution in [2.45, 2.75) is 50.8 Å². The smallest absolute Gasteiger partial charge is 0.284 e. The van der Waals surface area contributed by atoms with Crippen molar-refractivity contribution in [1.29, 1.82) is 0 Å². The summed E-state index contributed by atoms with van der Waals surface area (Å²) in [5.41, 5.74) is 0. The van der Waals surface area contributed by atoms with E-state index in [1.807, 2.05) is 4.90 Å². The van der Waals surface area contributed by atoms with Crippen LogP contribution in [0.15, 0.2) is 0 Å². The minimum atomic E-state index is -0.243. The summed E-state index contributed by atoms with van der Waals surface area (Å²) < 4.78 is 4.05. The summed E-state index contributed by atoms with van der Waals surface area (Å²) >= 11 is 1.17. The Morgan fingerprint density at radius 3 is 2.59 bits per heavy atom. The second kappa shape index (κ2) is 4.03. The molecule has 1 amide bonds. The molecule has 2 bridgehead atoms. The molecule has 1 aromatic heterocycles. The lowest BCUT2D eigenvalue weighted by molar-refractivity contribution is 0.0286. The van der Waals surface area contributed by atoms with E-state index in [0.29, 0.717) is 23.7 Å². The summed E-state index contributed by atoms with van der Waals surface area (Å²) in [6.45, 7) is 1.79. The van der Waals surface area contributed by atoms with Gasteiger partial charge >= 0.3 is 0 Å². The van der Waals surface area contributed by atoms with Gasteiger partial charge in [-0.25, -0.2) is 4.98 Å². The molecule has 0 aliphatic carbocycles. The summed E-state index contributed by atoms with van der Waals surface area (Å²) in [5, 5.41) is 10.2. The van der Waals surface area contributed by atoms with Crippen LogP contribution in [0, 0.1) is 6.92 Å². The van der Waals surface area contributed by atoms with Crippen molar-refractivity contribution >= 4 is 17.4 Å². The van der Waals surface area contributed by atoms with Gasteiger partial charge in [-0.2, -0.15) is 4.37 Å². The fraction of sp³-hybridized carbons (Fsp3) is 0.727. The van der Waals surface area contributed by atoms with Gasteiger partial charge in [-0.05, 0) is 44.1 Å². The third-order valence-corrected chi connectivity index (χ3v) is 4.45. The van der Waals surface area contributed by atoms with Crippen LogP contribution in [0.25, 0.3) is 0 Å². The number of rotatable bonds is 1. The molecule has 3 heterocycles. The van der Waals surface area contributed by atoms with Crippen LogP contribution in [-0.4, -0.2) is 43.5 Å². The van der Waals surface area contributed by atoms with Crippen molar-refractivity contribution in [3.63, 3.8) is 0 Å². The largest absolute Gasteiger partial charge is 0.393 e. The molecule has 1 N–H and O–H groups in total. The maximum Gasteiger partial charge on any atom is 0.284 e. The molecular formula is C11H15N3O2S. The number of aryl methyl sites for hydroxylation is 1. The number of aliphatic hydroxyl groups excluding tert-OH is 1. The highest BCUT2D eigenvalue weighted by molar-refractivity contribution is 7.07. The van der Waals surface area contributed by atoms with E-state index in [9.17, 15) is 9.90 Å². The van der Waals surface area contributed by atoms with Crippen molar-refractivity contribution in [3.8, 4) is 0 Å². The molecule has 0 unspecified atom stereocenters. The van der Waals surface area contributed by atoms with Gasteiger partial charge < -0.3 is 10.0 Å². The molecule has 3 rings (SSSR count). The van der Waals surface area contributed by atoms with Crippen molar-refractivity contribution < 1.29 is 9.90 Å². The SMILES string of the molecule is Cc1nsc(C(=O)N2[C@H]3CC[C@H]2CC(O)C3)n1. The number of piperidine rings is 1. The lowest BCUT2D eigenvalue weighted by Crippen LogP contribution is -2.48. The molecule has 1 aromatic rings. The predicted molar refractivity (Wildman–Crippen MR) is 62.9 cm³/mol. The van der Waals surface area contributed by atoms with Crippen molar-refractivity contribution in [3.05, 3.63) is 10.8 Å². The molecule has 0 spiro atoms. The number of carbonyl (C=O) groups excluding carboxylic acids is 1. The molecule has 17 heavy (non-hydrogen) atoms. The molecule has 92 valence electrons. The van der Waals surface area contributed by atoms with Crippen LogP contribution >= 0.6 is 11.5 Å². The highest BCUT2D eigenvalue weighted by atomic mass is 32.1. The quantitative estimate of drug-likeness (QED) is 0.810. The molecule has 5 nitrogen and oxygen atoms in total. The van der Waals surface area contributed by atoms with Crippen LogP contribution in [-0.2, 0) is 0 Å². The lowest BCUT2D eigenvalue weighted by Gasteiger charge is -2.36. The van der Waals surface area contributed by atoms with Gasteiger partial charge in [-0.1, -0.05) is 0 Å². The number of fused-ring (bicyclic) bond motifs is 2. The fourth-order valence-electron chi connectivity index (χ4n) is 2.97. The Bertz CT molecular complexity index is 434. The number of aliphatic hydroxyl groups is 1. The second-order valence-electron chi connectivity index (χ2n) is 4.87. The first-order valence-corrected chi connectivity index (χ1v) is 6.73. The highest BCUT2D eigenvalue weighted by Gasteiger charge is 2.43. The second-order valence-corrected chi connectivity index (χ2v) is 5.62. The van der Waals surface area contributed by atoms with Gasteiger partial charge in [0.05, 0.1) is 6.10 Å². The predicted octanol–water partition coefficient (Wildman–Crippen LogP) is 0.974. The molecule has 2 atom stereocenters. The first-order chi connectivity index (χ1) is 8.15. The third kappa shape index (κ3) is 1.85. The van der Waals surface area contributed by atoms with Crippen LogP contribution in [0.2, 0.25) is 0 Å². The van der Waals surface area contributed by atoms with E-state index in [4.69, 9.17) is 0 Å². The zero-order valence-electron chi connectivity index (χ0n) is 9.67. The maximum atomic E-state index is 12.3. The van der Waals surface area contributed by atoms with Gasteiger partial charge in [0.2, 0.25) is 5.01 Å². The monoisotopic (exact) mass is 253 g/mol. The highest BCUT2D eigenvalue weighted by Crippen LogP contribution is 2.36. The molecule has 0 saturated carbocycles. The molecule has 2 aliphatic heterocycles.